The van der Waals surface area contributed by atoms with Gasteiger partial charge in [0.25, 0.3) is 0 Å². The molecule has 0 aliphatic heterocycles. The number of benzene rings is 1. The highest BCUT2D eigenvalue weighted by atomic mass is 32.2. The Labute approximate surface area is 119 Å². The van der Waals surface area contributed by atoms with Crippen LogP contribution in [0.4, 0.5) is 0 Å². The Morgan fingerprint density at radius 3 is 2.30 bits per heavy atom. The predicted molar refractivity (Wildman–Crippen MR) is 75.1 cm³/mol. The molecule has 1 atom stereocenters. The standard InChI is InChI=1S/C14H19NO4S/c1-10(11-4-2-3-5-11)15-20(18,19)13-8-6-12(7-9-13)14(16)17/h6-11,15H,2-5H2,1H3,(H,16,17). The van der Waals surface area contributed by atoms with E-state index in [0.717, 1.165) is 25.7 Å². The topological polar surface area (TPSA) is 83.5 Å². The fourth-order valence-corrected chi connectivity index (χ4v) is 3.96. The summed E-state index contributed by atoms with van der Waals surface area (Å²) in [7, 11) is -3.58. The van der Waals surface area contributed by atoms with Crippen LogP contribution in [-0.2, 0) is 10.0 Å². The second kappa shape index (κ2) is 5.93. The van der Waals surface area contributed by atoms with Gasteiger partial charge in [-0.3, -0.25) is 0 Å². The van der Waals surface area contributed by atoms with Gasteiger partial charge in [0.1, 0.15) is 0 Å². The first-order valence-electron chi connectivity index (χ1n) is 6.76. The van der Waals surface area contributed by atoms with E-state index in [2.05, 4.69) is 4.72 Å². The van der Waals surface area contributed by atoms with Crippen molar-refractivity contribution >= 4 is 16.0 Å². The van der Waals surface area contributed by atoms with E-state index in [9.17, 15) is 13.2 Å². The van der Waals surface area contributed by atoms with Gasteiger partial charge in [0.2, 0.25) is 10.0 Å². The van der Waals surface area contributed by atoms with Crippen LogP contribution < -0.4 is 4.72 Å². The molecule has 2 N–H and O–H groups in total. The van der Waals surface area contributed by atoms with Crippen molar-refractivity contribution in [2.45, 2.75) is 43.5 Å². The van der Waals surface area contributed by atoms with E-state index in [-0.39, 0.29) is 16.5 Å². The second-order valence-corrected chi connectivity index (χ2v) is 7.00. The molecule has 5 nitrogen and oxygen atoms in total. The first-order valence-corrected chi connectivity index (χ1v) is 8.24. The molecule has 1 aliphatic rings. The molecular weight excluding hydrogens is 278 g/mol. The number of hydrogen-bond acceptors (Lipinski definition) is 3. The molecule has 20 heavy (non-hydrogen) atoms. The van der Waals surface area contributed by atoms with Crippen molar-refractivity contribution in [1.29, 1.82) is 0 Å². The molecule has 1 fully saturated rings. The Kier molecular flexibility index (Phi) is 4.45. The van der Waals surface area contributed by atoms with Crippen molar-refractivity contribution in [2.75, 3.05) is 0 Å². The maximum absolute atomic E-state index is 12.2. The number of aromatic carboxylic acids is 1. The fraction of sp³-hybridized carbons (Fsp3) is 0.500. The van der Waals surface area contributed by atoms with E-state index in [1.807, 2.05) is 6.92 Å². The van der Waals surface area contributed by atoms with Gasteiger partial charge in [0.05, 0.1) is 10.5 Å². The van der Waals surface area contributed by atoms with Gasteiger partial charge in [0.15, 0.2) is 0 Å². The van der Waals surface area contributed by atoms with Crippen molar-refractivity contribution in [3.63, 3.8) is 0 Å². The zero-order valence-electron chi connectivity index (χ0n) is 11.4. The molecule has 0 spiro atoms. The molecule has 1 saturated carbocycles. The summed E-state index contributed by atoms with van der Waals surface area (Å²) in [5.41, 5.74) is 0.0767. The smallest absolute Gasteiger partial charge is 0.335 e. The number of carbonyl (C=O) groups is 1. The minimum Gasteiger partial charge on any atom is -0.478 e. The van der Waals surface area contributed by atoms with E-state index >= 15 is 0 Å². The molecule has 0 aromatic heterocycles. The Bertz CT molecular complexity index is 574. The van der Waals surface area contributed by atoms with Gasteiger partial charge in [-0.2, -0.15) is 0 Å². The third-order valence-corrected chi connectivity index (χ3v) is 5.43. The molecule has 0 saturated heterocycles. The summed E-state index contributed by atoms with van der Waals surface area (Å²) in [5.74, 6) is -0.677. The molecule has 0 bridgehead atoms. The number of hydrogen-bond donors (Lipinski definition) is 2. The molecular formula is C14H19NO4S. The Balaban J connectivity index is 2.11. The summed E-state index contributed by atoms with van der Waals surface area (Å²) in [5, 5.41) is 8.80. The van der Waals surface area contributed by atoms with Gasteiger partial charge in [0, 0.05) is 6.04 Å². The van der Waals surface area contributed by atoms with Crippen molar-refractivity contribution in [3.8, 4) is 0 Å². The highest BCUT2D eigenvalue weighted by Gasteiger charge is 2.26. The van der Waals surface area contributed by atoms with Crippen molar-refractivity contribution in [1.82, 2.24) is 4.72 Å². The molecule has 6 heteroatoms. The van der Waals surface area contributed by atoms with E-state index in [0.29, 0.717) is 5.92 Å². The van der Waals surface area contributed by atoms with Crippen molar-refractivity contribution in [2.24, 2.45) is 5.92 Å². The van der Waals surface area contributed by atoms with Crippen LogP contribution in [0.2, 0.25) is 0 Å². The number of carboxylic acid groups (broad SMARTS) is 1. The minimum absolute atomic E-state index is 0.0767. The largest absolute Gasteiger partial charge is 0.478 e. The highest BCUT2D eigenvalue weighted by Crippen LogP contribution is 2.28. The number of sulfonamides is 1. The summed E-state index contributed by atoms with van der Waals surface area (Å²) in [6.07, 6.45) is 4.43. The number of carboxylic acids is 1. The summed E-state index contributed by atoms with van der Waals surface area (Å²) >= 11 is 0. The van der Waals surface area contributed by atoms with Crippen LogP contribution >= 0.6 is 0 Å². The molecule has 1 aliphatic carbocycles. The van der Waals surface area contributed by atoms with Gasteiger partial charge in [-0.1, -0.05) is 12.8 Å². The van der Waals surface area contributed by atoms with Gasteiger partial charge in [-0.05, 0) is 49.9 Å². The Hall–Kier alpha value is -1.40. The van der Waals surface area contributed by atoms with Crippen LogP contribution in [0.25, 0.3) is 0 Å². The van der Waals surface area contributed by atoms with Gasteiger partial charge in [-0.15, -0.1) is 0 Å². The summed E-state index contributed by atoms with van der Waals surface area (Å²) < 4.78 is 27.1. The monoisotopic (exact) mass is 297 g/mol. The lowest BCUT2D eigenvalue weighted by molar-refractivity contribution is 0.0696. The molecule has 1 aromatic rings. The van der Waals surface area contributed by atoms with Crippen molar-refractivity contribution in [3.05, 3.63) is 29.8 Å². The molecule has 110 valence electrons. The SMILES string of the molecule is CC(NS(=O)(=O)c1ccc(C(=O)O)cc1)C1CCCC1. The summed E-state index contributed by atoms with van der Waals surface area (Å²) in [4.78, 5) is 10.9. The van der Waals surface area contributed by atoms with Crippen LogP contribution in [0.3, 0.4) is 0 Å². The molecule has 1 aromatic carbocycles. The molecule has 0 amide bonds. The highest BCUT2D eigenvalue weighted by molar-refractivity contribution is 7.89. The second-order valence-electron chi connectivity index (χ2n) is 5.28. The average Bonchev–Trinajstić information content (AvgIpc) is 2.92. The molecule has 1 unspecified atom stereocenters. The van der Waals surface area contributed by atoms with Crippen LogP contribution in [0.1, 0.15) is 43.0 Å². The molecule has 2 rings (SSSR count). The Morgan fingerprint density at radius 2 is 1.80 bits per heavy atom. The predicted octanol–water partition coefficient (Wildman–Crippen LogP) is 2.24. The third-order valence-electron chi connectivity index (χ3n) is 3.86. The van der Waals surface area contributed by atoms with Gasteiger partial charge >= 0.3 is 5.97 Å². The lowest BCUT2D eigenvalue weighted by Crippen LogP contribution is -2.37. The van der Waals surface area contributed by atoms with E-state index in [1.54, 1.807) is 0 Å². The van der Waals surface area contributed by atoms with Crippen LogP contribution in [0.5, 0.6) is 0 Å². The lowest BCUT2D eigenvalue weighted by atomic mass is 10.0. The van der Waals surface area contributed by atoms with Gasteiger partial charge < -0.3 is 5.11 Å². The molecule has 0 radical (unpaired) electrons. The zero-order valence-corrected chi connectivity index (χ0v) is 12.2. The van der Waals surface area contributed by atoms with Crippen LogP contribution in [-0.4, -0.2) is 25.5 Å². The number of rotatable bonds is 5. The first kappa shape index (κ1) is 15.0. The number of nitrogens with one attached hydrogen (secondary N) is 1. The zero-order chi connectivity index (χ0) is 14.8. The van der Waals surface area contributed by atoms with E-state index in [4.69, 9.17) is 5.11 Å². The maximum Gasteiger partial charge on any atom is 0.335 e. The maximum atomic E-state index is 12.2. The quantitative estimate of drug-likeness (QED) is 0.873. The fourth-order valence-electron chi connectivity index (χ4n) is 2.64. The lowest BCUT2D eigenvalue weighted by Gasteiger charge is -2.20. The first-order chi connectivity index (χ1) is 9.40. The molecule has 0 heterocycles. The Morgan fingerprint density at radius 1 is 1.25 bits per heavy atom. The minimum atomic E-state index is -3.58. The summed E-state index contributed by atoms with van der Waals surface area (Å²) in [6.45, 7) is 1.89. The van der Waals surface area contributed by atoms with Crippen LogP contribution in [0, 0.1) is 5.92 Å². The summed E-state index contributed by atoms with van der Waals surface area (Å²) in [6, 6.07) is 5.16. The van der Waals surface area contributed by atoms with Crippen LogP contribution in [0.15, 0.2) is 29.2 Å². The third kappa shape index (κ3) is 3.37. The normalized spacial score (nSPS) is 18.1. The van der Waals surface area contributed by atoms with Gasteiger partial charge in [-0.25, -0.2) is 17.9 Å². The van der Waals surface area contributed by atoms with E-state index < -0.39 is 16.0 Å². The van der Waals surface area contributed by atoms with E-state index in [1.165, 1.54) is 24.3 Å². The average molecular weight is 297 g/mol. The van der Waals surface area contributed by atoms with Crippen molar-refractivity contribution < 1.29 is 18.3 Å².